The molecule has 1 heterocycles. The molecule has 0 spiro atoms. The summed E-state index contributed by atoms with van der Waals surface area (Å²) in [4.78, 5) is 40.3. The van der Waals surface area contributed by atoms with Gasteiger partial charge < -0.3 is 10.2 Å². The highest BCUT2D eigenvalue weighted by Crippen LogP contribution is 2.31. The monoisotopic (exact) mass is 430 g/mol. The van der Waals surface area contributed by atoms with Crippen LogP contribution < -0.4 is 5.32 Å². The molecule has 1 aromatic rings. The van der Waals surface area contributed by atoms with E-state index in [2.05, 4.69) is 24.1 Å². The summed E-state index contributed by atoms with van der Waals surface area (Å²) in [6, 6.07) is 5.62. The van der Waals surface area contributed by atoms with E-state index in [-0.39, 0.29) is 23.5 Å². The molecule has 1 saturated heterocycles. The van der Waals surface area contributed by atoms with Gasteiger partial charge in [0, 0.05) is 50.4 Å². The molecule has 8 heteroatoms. The topological polar surface area (TPSA) is 95.8 Å². The second-order valence-electron chi connectivity index (χ2n) is 8.88. The maximum absolute atomic E-state index is 13.1. The Labute approximate surface area is 184 Å². The molecule has 1 aromatic carbocycles. The van der Waals surface area contributed by atoms with Gasteiger partial charge in [-0.3, -0.25) is 24.6 Å². The van der Waals surface area contributed by atoms with Crippen molar-refractivity contribution in [2.75, 3.05) is 32.7 Å². The fourth-order valence-corrected chi connectivity index (χ4v) is 4.59. The lowest BCUT2D eigenvalue weighted by molar-refractivity contribution is -0.384. The van der Waals surface area contributed by atoms with Crippen LogP contribution in [0.25, 0.3) is 0 Å². The van der Waals surface area contributed by atoms with Crippen LogP contribution in [0, 0.1) is 22.0 Å². The van der Waals surface area contributed by atoms with Crippen molar-refractivity contribution in [2.24, 2.45) is 11.8 Å². The molecule has 31 heavy (non-hydrogen) atoms. The van der Waals surface area contributed by atoms with E-state index in [4.69, 9.17) is 0 Å². The number of hydrogen-bond donors (Lipinski definition) is 1. The summed E-state index contributed by atoms with van der Waals surface area (Å²) in [7, 11) is 0. The van der Waals surface area contributed by atoms with Crippen LogP contribution in [-0.4, -0.2) is 65.3 Å². The molecule has 1 N–H and O–H groups in total. The second-order valence-corrected chi connectivity index (χ2v) is 8.88. The molecule has 8 nitrogen and oxygen atoms in total. The minimum absolute atomic E-state index is 0.0239. The van der Waals surface area contributed by atoms with E-state index in [1.54, 1.807) is 4.90 Å². The summed E-state index contributed by atoms with van der Waals surface area (Å²) < 4.78 is 0. The third kappa shape index (κ3) is 5.81. The fraction of sp³-hybridized carbons (Fsp3) is 0.652. The summed E-state index contributed by atoms with van der Waals surface area (Å²) in [5, 5.41) is 14.0. The lowest BCUT2D eigenvalue weighted by Gasteiger charge is -2.41. The van der Waals surface area contributed by atoms with Crippen molar-refractivity contribution in [1.82, 2.24) is 15.1 Å². The van der Waals surface area contributed by atoms with E-state index < -0.39 is 4.92 Å². The lowest BCUT2D eigenvalue weighted by Crippen LogP contribution is -2.58. The maximum atomic E-state index is 13.1. The van der Waals surface area contributed by atoms with Crippen molar-refractivity contribution >= 4 is 17.5 Å². The van der Waals surface area contributed by atoms with Crippen LogP contribution >= 0.6 is 0 Å². The Bertz CT molecular complexity index is 768. The predicted octanol–water partition coefficient (Wildman–Crippen LogP) is 3.07. The van der Waals surface area contributed by atoms with Crippen molar-refractivity contribution in [3.05, 3.63) is 39.9 Å². The minimum atomic E-state index is -0.470. The third-order valence-electron chi connectivity index (χ3n) is 6.76. The number of piperazine rings is 1. The van der Waals surface area contributed by atoms with Crippen molar-refractivity contribution in [3.8, 4) is 0 Å². The SMILES string of the molecule is CCC(C)CNC(=O)C(C1CCCC1)N1CCN(C(=O)c2ccc([N+](=O)[O-])cc2)CC1. The first-order valence-electron chi connectivity index (χ1n) is 11.5. The van der Waals surface area contributed by atoms with Gasteiger partial charge >= 0.3 is 0 Å². The number of nitrogens with one attached hydrogen (secondary N) is 1. The largest absolute Gasteiger partial charge is 0.354 e. The molecule has 2 amide bonds. The van der Waals surface area contributed by atoms with E-state index in [9.17, 15) is 19.7 Å². The Kier molecular flexibility index (Phi) is 8.01. The predicted molar refractivity (Wildman–Crippen MR) is 119 cm³/mol. The number of nitrogens with zero attached hydrogens (tertiary/aromatic N) is 3. The molecule has 2 atom stereocenters. The Balaban J connectivity index is 1.61. The number of non-ortho nitro benzene ring substituents is 1. The van der Waals surface area contributed by atoms with Crippen LogP contribution in [0.4, 0.5) is 5.69 Å². The molecule has 2 unspecified atom stereocenters. The van der Waals surface area contributed by atoms with E-state index in [0.29, 0.717) is 50.1 Å². The van der Waals surface area contributed by atoms with E-state index in [1.165, 1.54) is 37.1 Å². The molecule has 1 aliphatic heterocycles. The molecule has 0 aromatic heterocycles. The van der Waals surface area contributed by atoms with Crippen LogP contribution in [0.5, 0.6) is 0 Å². The van der Waals surface area contributed by atoms with Crippen LogP contribution in [0.1, 0.15) is 56.3 Å². The number of nitro benzene ring substituents is 1. The number of carbonyl (C=O) groups is 2. The molecular formula is C23H34N4O4. The Morgan fingerprint density at radius 1 is 1.13 bits per heavy atom. The lowest BCUT2D eigenvalue weighted by atomic mass is 9.94. The number of amides is 2. The number of carbonyl (C=O) groups excluding carboxylic acids is 2. The van der Waals surface area contributed by atoms with Crippen LogP contribution in [0.15, 0.2) is 24.3 Å². The number of hydrogen-bond acceptors (Lipinski definition) is 5. The van der Waals surface area contributed by atoms with Gasteiger partial charge in [-0.15, -0.1) is 0 Å². The maximum Gasteiger partial charge on any atom is 0.269 e. The minimum Gasteiger partial charge on any atom is -0.354 e. The molecule has 3 rings (SSSR count). The zero-order valence-corrected chi connectivity index (χ0v) is 18.6. The summed E-state index contributed by atoms with van der Waals surface area (Å²) in [5.74, 6) is 0.855. The number of benzene rings is 1. The molecular weight excluding hydrogens is 396 g/mol. The zero-order chi connectivity index (χ0) is 22.4. The van der Waals surface area contributed by atoms with Crippen molar-refractivity contribution in [2.45, 2.75) is 52.0 Å². The Morgan fingerprint density at radius 3 is 2.29 bits per heavy atom. The van der Waals surface area contributed by atoms with Crippen molar-refractivity contribution < 1.29 is 14.5 Å². The van der Waals surface area contributed by atoms with Gasteiger partial charge in [-0.2, -0.15) is 0 Å². The summed E-state index contributed by atoms with van der Waals surface area (Å²) in [6.07, 6.45) is 5.57. The van der Waals surface area contributed by atoms with Crippen molar-refractivity contribution in [1.29, 1.82) is 0 Å². The average molecular weight is 431 g/mol. The fourth-order valence-electron chi connectivity index (χ4n) is 4.59. The van der Waals surface area contributed by atoms with Gasteiger partial charge in [-0.05, 0) is 36.8 Å². The Morgan fingerprint density at radius 2 is 1.74 bits per heavy atom. The van der Waals surface area contributed by atoms with E-state index in [0.717, 1.165) is 19.3 Å². The van der Waals surface area contributed by atoms with Crippen LogP contribution in [0.3, 0.4) is 0 Å². The number of rotatable bonds is 8. The third-order valence-corrected chi connectivity index (χ3v) is 6.76. The molecule has 170 valence electrons. The van der Waals surface area contributed by atoms with Gasteiger partial charge in [0.05, 0.1) is 11.0 Å². The van der Waals surface area contributed by atoms with Crippen molar-refractivity contribution in [3.63, 3.8) is 0 Å². The smallest absolute Gasteiger partial charge is 0.269 e. The summed E-state index contributed by atoms with van der Waals surface area (Å²) in [6.45, 7) is 7.42. The van der Waals surface area contributed by atoms with E-state index >= 15 is 0 Å². The van der Waals surface area contributed by atoms with Gasteiger partial charge in [-0.25, -0.2) is 0 Å². The average Bonchev–Trinajstić information content (AvgIpc) is 3.32. The second kappa shape index (κ2) is 10.7. The quantitative estimate of drug-likeness (QED) is 0.505. The van der Waals surface area contributed by atoms with Gasteiger partial charge in [0.1, 0.15) is 0 Å². The van der Waals surface area contributed by atoms with Gasteiger partial charge in [0.25, 0.3) is 11.6 Å². The summed E-state index contributed by atoms with van der Waals surface area (Å²) >= 11 is 0. The molecule has 2 fully saturated rings. The molecule has 0 bridgehead atoms. The van der Waals surface area contributed by atoms with Gasteiger partial charge in [0.2, 0.25) is 5.91 Å². The standard InChI is InChI=1S/C23H34N4O4/c1-3-17(2)16-24-22(28)21(18-6-4-5-7-18)25-12-14-26(15-13-25)23(29)19-8-10-20(11-9-19)27(30)31/h8-11,17-18,21H,3-7,12-16H2,1-2H3,(H,24,28). The Hall–Kier alpha value is -2.48. The van der Waals surface area contributed by atoms with Gasteiger partial charge in [0.15, 0.2) is 0 Å². The normalized spacial score (nSPS) is 19.7. The highest BCUT2D eigenvalue weighted by atomic mass is 16.6. The number of nitro groups is 1. The van der Waals surface area contributed by atoms with Gasteiger partial charge in [-0.1, -0.05) is 33.1 Å². The van der Waals surface area contributed by atoms with Crippen LogP contribution in [-0.2, 0) is 4.79 Å². The highest BCUT2D eigenvalue weighted by molar-refractivity contribution is 5.94. The molecule has 1 aliphatic carbocycles. The first-order chi connectivity index (χ1) is 14.9. The summed E-state index contributed by atoms with van der Waals surface area (Å²) in [5.41, 5.74) is 0.432. The first-order valence-corrected chi connectivity index (χ1v) is 11.5. The highest BCUT2D eigenvalue weighted by Gasteiger charge is 2.37. The van der Waals surface area contributed by atoms with Crippen LogP contribution in [0.2, 0.25) is 0 Å². The van der Waals surface area contributed by atoms with E-state index in [1.807, 2.05) is 0 Å². The molecule has 1 saturated carbocycles. The molecule has 2 aliphatic rings. The zero-order valence-electron chi connectivity index (χ0n) is 18.6. The molecule has 0 radical (unpaired) electrons. The first kappa shape index (κ1) is 23.2.